The topological polar surface area (TPSA) is 48.5 Å². The number of phenols is 1. The lowest BCUT2D eigenvalue weighted by Gasteiger charge is -2.58. The molecule has 2 heterocycles. The molecule has 150 valence electrons. The van der Waals surface area contributed by atoms with Crippen LogP contribution in [0.3, 0.4) is 0 Å². The fourth-order valence-electron chi connectivity index (χ4n) is 6.84. The second-order valence-electron chi connectivity index (χ2n) is 9.07. The molecule has 6 rings (SSSR count). The van der Waals surface area contributed by atoms with E-state index in [9.17, 15) is 5.11 Å². The van der Waals surface area contributed by atoms with E-state index >= 15 is 0 Å². The number of likely N-dealkylation sites (tertiary alicyclic amines) is 1. The van der Waals surface area contributed by atoms with E-state index in [-0.39, 0.29) is 5.41 Å². The maximum atomic E-state index is 11.2. The van der Waals surface area contributed by atoms with Gasteiger partial charge in [0.05, 0.1) is 7.11 Å². The lowest BCUT2D eigenvalue weighted by molar-refractivity contribution is 0.00962. The molecule has 2 bridgehead atoms. The van der Waals surface area contributed by atoms with E-state index in [0.29, 0.717) is 23.5 Å². The Morgan fingerprint density at radius 1 is 1.21 bits per heavy atom. The summed E-state index contributed by atoms with van der Waals surface area (Å²) in [4.78, 5) is 6.40. The number of nitrogens with one attached hydrogen (secondary N) is 1. The Kier molecular flexibility index (Phi) is 3.61. The van der Waals surface area contributed by atoms with Gasteiger partial charge in [-0.15, -0.1) is 0 Å². The summed E-state index contributed by atoms with van der Waals surface area (Å²) in [5.41, 5.74) is 6.55. The van der Waals surface area contributed by atoms with E-state index in [1.54, 1.807) is 7.11 Å². The molecule has 0 spiro atoms. The summed E-state index contributed by atoms with van der Waals surface area (Å²) in [7, 11) is 1.65. The van der Waals surface area contributed by atoms with Gasteiger partial charge in [0.2, 0.25) is 0 Å². The standard InChI is InChI=1S/C25H28N2O2/c1-3-27-11-10-25-14-20-17(16-6-4-5-7-19(16)26-20)13-18(25)21(27)12-15-8-9-22(29-2)24(28)23(15)25/h4-9,18,21,26,28H,3,10-14H2,1-2H3/t18-,21+,25-/m0/s1. The predicted molar refractivity (Wildman–Crippen MR) is 115 cm³/mol. The molecule has 1 aromatic heterocycles. The Morgan fingerprint density at radius 3 is 2.90 bits per heavy atom. The van der Waals surface area contributed by atoms with E-state index in [1.807, 2.05) is 6.07 Å². The molecular formula is C25H28N2O2. The van der Waals surface area contributed by atoms with Crippen molar-refractivity contribution in [3.8, 4) is 11.5 Å². The van der Waals surface area contributed by atoms with Crippen molar-refractivity contribution in [1.82, 2.24) is 9.88 Å². The summed E-state index contributed by atoms with van der Waals surface area (Å²) < 4.78 is 5.52. The van der Waals surface area contributed by atoms with Crippen LogP contribution in [0.4, 0.5) is 0 Å². The molecule has 2 aromatic carbocycles. The Hall–Kier alpha value is -2.46. The molecule has 2 N–H and O–H groups in total. The Labute approximate surface area is 171 Å². The van der Waals surface area contributed by atoms with Crippen molar-refractivity contribution < 1.29 is 9.84 Å². The number of nitrogens with zero attached hydrogens (tertiary/aromatic N) is 1. The van der Waals surface area contributed by atoms with Gasteiger partial charge in [0.15, 0.2) is 11.5 Å². The van der Waals surface area contributed by atoms with E-state index in [0.717, 1.165) is 44.3 Å². The second-order valence-corrected chi connectivity index (χ2v) is 9.07. The van der Waals surface area contributed by atoms with Crippen molar-refractivity contribution in [3.63, 3.8) is 0 Å². The number of likely N-dealkylation sites (N-methyl/N-ethyl adjacent to an activating group) is 1. The van der Waals surface area contributed by atoms with Crippen molar-refractivity contribution in [3.05, 3.63) is 58.8 Å². The average Bonchev–Trinajstić information content (AvgIpc) is 3.09. The van der Waals surface area contributed by atoms with Gasteiger partial charge >= 0.3 is 0 Å². The van der Waals surface area contributed by atoms with E-state index < -0.39 is 0 Å². The number of aromatic amines is 1. The van der Waals surface area contributed by atoms with Gasteiger partial charge in [-0.1, -0.05) is 31.2 Å². The number of aromatic hydroxyl groups is 1. The molecule has 0 amide bonds. The van der Waals surface area contributed by atoms with Crippen LogP contribution in [-0.2, 0) is 24.7 Å². The quantitative estimate of drug-likeness (QED) is 0.692. The molecule has 1 fully saturated rings. The van der Waals surface area contributed by atoms with Gasteiger partial charge in [-0.2, -0.15) is 0 Å². The number of para-hydroxylation sites is 1. The molecule has 4 heteroatoms. The molecule has 0 radical (unpaired) electrons. The molecule has 3 atom stereocenters. The zero-order valence-electron chi connectivity index (χ0n) is 17.2. The highest BCUT2D eigenvalue weighted by Crippen LogP contribution is 2.58. The van der Waals surface area contributed by atoms with E-state index in [2.05, 4.69) is 47.1 Å². The maximum Gasteiger partial charge on any atom is 0.161 e. The Bertz CT molecular complexity index is 1120. The normalized spacial score (nSPS) is 27.9. The predicted octanol–water partition coefficient (Wildman–Crippen LogP) is 4.19. The van der Waals surface area contributed by atoms with Gasteiger partial charge in [0, 0.05) is 33.6 Å². The first-order valence-corrected chi connectivity index (χ1v) is 10.9. The molecule has 1 aliphatic heterocycles. The first-order chi connectivity index (χ1) is 14.2. The highest BCUT2D eigenvalue weighted by molar-refractivity contribution is 5.85. The van der Waals surface area contributed by atoms with Crippen molar-refractivity contribution in [2.24, 2.45) is 5.92 Å². The van der Waals surface area contributed by atoms with Gasteiger partial charge < -0.3 is 14.8 Å². The summed E-state index contributed by atoms with van der Waals surface area (Å²) in [6, 6.07) is 13.4. The number of phenolic OH excluding ortho intramolecular Hbond substituents is 1. The summed E-state index contributed by atoms with van der Waals surface area (Å²) in [5.74, 6) is 1.50. The molecule has 0 saturated carbocycles. The highest BCUT2D eigenvalue weighted by atomic mass is 16.5. The van der Waals surface area contributed by atoms with Crippen LogP contribution in [-0.4, -0.2) is 41.2 Å². The number of H-pyrrole nitrogens is 1. The third kappa shape index (κ3) is 2.18. The van der Waals surface area contributed by atoms with Gasteiger partial charge in [-0.25, -0.2) is 0 Å². The van der Waals surface area contributed by atoms with Crippen LogP contribution in [0.2, 0.25) is 0 Å². The summed E-state index contributed by atoms with van der Waals surface area (Å²) in [5, 5.41) is 12.6. The highest BCUT2D eigenvalue weighted by Gasteiger charge is 2.56. The minimum absolute atomic E-state index is 0.0174. The fraction of sp³-hybridized carbons (Fsp3) is 0.440. The number of methoxy groups -OCH3 is 1. The monoisotopic (exact) mass is 388 g/mol. The molecule has 0 unspecified atom stereocenters. The largest absolute Gasteiger partial charge is 0.504 e. The number of rotatable bonds is 2. The van der Waals surface area contributed by atoms with E-state index in [4.69, 9.17) is 4.74 Å². The molecule has 4 nitrogen and oxygen atoms in total. The number of hydrogen-bond donors (Lipinski definition) is 2. The third-order valence-corrected chi connectivity index (χ3v) is 8.09. The van der Waals surface area contributed by atoms with Crippen molar-refractivity contribution >= 4 is 10.9 Å². The second kappa shape index (κ2) is 6.02. The number of benzene rings is 2. The number of ether oxygens (including phenoxy) is 1. The minimum Gasteiger partial charge on any atom is -0.504 e. The number of piperidine rings is 1. The summed E-state index contributed by atoms with van der Waals surface area (Å²) >= 11 is 0. The first kappa shape index (κ1) is 17.4. The summed E-state index contributed by atoms with van der Waals surface area (Å²) in [6.07, 6.45) is 4.16. The van der Waals surface area contributed by atoms with Crippen LogP contribution in [0.25, 0.3) is 10.9 Å². The van der Waals surface area contributed by atoms with Crippen LogP contribution in [0, 0.1) is 5.92 Å². The number of aromatic nitrogens is 1. The van der Waals surface area contributed by atoms with Crippen molar-refractivity contribution in [1.29, 1.82) is 0 Å². The molecule has 3 aliphatic rings. The average molecular weight is 389 g/mol. The van der Waals surface area contributed by atoms with Crippen LogP contribution < -0.4 is 4.74 Å². The van der Waals surface area contributed by atoms with Crippen LogP contribution in [0.15, 0.2) is 36.4 Å². The van der Waals surface area contributed by atoms with Crippen molar-refractivity contribution in [2.45, 2.75) is 44.1 Å². The van der Waals surface area contributed by atoms with E-state index in [1.165, 1.54) is 27.7 Å². The molecular weight excluding hydrogens is 360 g/mol. The smallest absolute Gasteiger partial charge is 0.161 e. The molecule has 3 aromatic rings. The lowest BCUT2D eigenvalue weighted by Crippen LogP contribution is -2.62. The van der Waals surface area contributed by atoms with Gasteiger partial charge in [-0.05, 0) is 68.0 Å². The fourth-order valence-corrected chi connectivity index (χ4v) is 6.84. The summed E-state index contributed by atoms with van der Waals surface area (Å²) in [6.45, 7) is 4.48. The SMILES string of the molecule is CCN1CC[C@]23Cc4[nH]c5ccccc5c4C[C@H]2[C@H]1Cc1ccc(OC)c(O)c13. The molecule has 29 heavy (non-hydrogen) atoms. The zero-order chi connectivity index (χ0) is 19.8. The van der Waals surface area contributed by atoms with Crippen LogP contribution >= 0.6 is 0 Å². The third-order valence-electron chi connectivity index (χ3n) is 8.09. The van der Waals surface area contributed by atoms with Gasteiger partial charge in [0.25, 0.3) is 0 Å². The minimum atomic E-state index is -0.0174. The van der Waals surface area contributed by atoms with Crippen LogP contribution in [0.5, 0.6) is 11.5 Å². The van der Waals surface area contributed by atoms with Gasteiger partial charge in [0.1, 0.15) is 0 Å². The zero-order valence-corrected chi connectivity index (χ0v) is 17.2. The van der Waals surface area contributed by atoms with Crippen LogP contribution in [0.1, 0.15) is 35.7 Å². The first-order valence-electron chi connectivity index (χ1n) is 10.9. The number of hydrogen-bond acceptors (Lipinski definition) is 3. The van der Waals surface area contributed by atoms with Gasteiger partial charge in [-0.3, -0.25) is 4.90 Å². The maximum absolute atomic E-state index is 11.2. The number of fused-ring (bicyclic) bond motifs is 4. The Morgan fingerprint density at radius 2 is 2.07 bits per heavy atom. The lowest BCUT2D eigenvalue weighted by atomic mass is 9.52. The molecule has 1 saturated heterocycles. The van der Waals surface area contributed by atoms with Crippen molar-refractivity contribution in [2.75, 3.05) is 20.2 Å². The Balaban J connectivity index is 1.60. The molecule has 2 aliphatic carbocycles.